The number of hydrogen-bond acceptors (Lipinski definition) is 5. The minimum atomic E-state index is -0.114. The van der Waals surface area contributed by atoms with E-state index in [9.17, 15) is 4.79 Å². The summed E-state index contributed by atoms with van der Waals surface area (Å²) in [6, 6.07) is 21.8. The lowest BCUT2D eigenvalue weighted by atomic mass is 10.2. The standard InChI is InChI=1S/C22H24N4OS/c23-18-8-4-5-9-19(18)24-22(27)20-10-11-21(28-20)26-14-12-25(13-15-26)16-17-6-2-1-3-7-17/h1-11H,12-16,23H2,(H,24,27). The first kappa shape index (κ1) is 18.5. The van der Waals surface area contributed by atoms with Gasteiger partial charge in [-0.3, -0.25) is 9.69 Å². The Balaban J connectivity index is 1.33. The maximum absolute atomic E-state index is 12.5. The van der Waals surface area contributed by atoms with Crippen LogP contribution in [0.3, 0.4) is 0 Å². The Kier molecular flexibility index (Phi) is 5.60. The smallest absolute Gasteiger partial charge is 0.265 e. The molecule has 144 valence electrons. The Morgan fingerprint density at radius 3 is 2.39 bits per heavy atom. The minimum Gasteiger partial charge on any atom is -0.397 e. The molecule has 0 bridgehead atoms. The number of nitrogens with one attached hydrogen (secondary N) is 1. The molecule has 0 radical (unpaired) electrons. The number of hydrogen-bond donors (Lipinski definition) is 2. The van der Waals surface area contributed by atoms with Gasteiger partial charge >= 0.3 is 0 Å². The lowest BCUT2D eigenvalue weighted by Crippen LogP contribution is -2.45. The fourth-order valence-corrected chi connectivity index (χ4v) is 4.34. The first-order chi connectivity index (χ1) is 13.7. The molecule has 0 unspecified atom stereocenters. The summed E-state index contributed by atoms with van der Waals surface area (Å²) >= 11 is 1.53. The lowest BCUT2D eigenvalue weighted by Gasteiger charge is -2.35. The van der Waals surface area contributed by atoms with Crippen LogP contribution in [0.1, 0.15) is 15.2 Å². The summed E-state index contributed by atoms with van der Waals surface area (Å²) in [5, 5.41) is 4.04. The van der Waals surface area contributed by atoms with Crippen molar-refractivity contribution in [2.24, 2.45) is 0 Å². The molecule has 3 aromatic rings. The van der Waals surface area contributed by atoms with Crippen LogP contribution in [0.25, 0.3) is 0 Å². The molecule has 0 spiro atoms. The second-order valence-electron chi connectivity index (χ2n) is 6.93. The Morgan fingerprint density at radius 1 is 0.929 bits per heavy atom. The summed E-state index contributed by atoms with van der Waals surface area (Å²) in [6.45, 7) is 4.98. The molecule has 28 heavy (non-hydrogen) atoms. The number of piperazine rings is 1. The van der Waals surface area contributed by atoms with Crippen molar-refractivity contribution in [1.82, 2.24) is 4.90 Å². The molecule has 1 amide bonds. The molecule has 2 heterocycles. The molecule has 1 aliphatic heterocycles. The lowest BCUT2D eigenvalue weighted by molar-refractivity contribution is 0.103. The van der Waals surface area contributed by atoms with E-state index in [2.05, 4.69) is 45.4 Å². The highest BCUT2D eigenvalue weighted by molar-refractivity contribution is 7.18. The maximum Gasteiger partial charge on any atom is 0.265 e. The molecule has 1 saturated heterocycles. The number of thiophene rings is 1. The SMILES string of the molecule is Nc1ccccc1NC(=O)c1ccc(N2CCN(Cc3ccccc3)CC2)s1. The van der Waals surface area contributed by atoms with Crippen LogP contribution in [-0.4, -0.2) is 37.0 Å². The maximum atomic E-state index is 12.5. The zero-order chi connectivity index (χ0) is 19.3. The van der Waals surface area contributed by atoms with Gasteiger partial charge in [-0.1, -0.05) is 42.5 Å². The van der Waals surface area contributed by atoms with Crippen molar-refractivity contribution in [2.75, 3.05) is 42.1 Å². The number of carbonyl (C=O) groups is 1. The van der Waals surface area contributed by atoms with Gasteiger partial charge in [0.25, 0.3) is 5.91 Å². The number of carbonyl (C=O) groups excluding carboxylic acids is 1. The van der Waals surface area contributed by atoms with Crippen LogP contribution in [0.2, 0.25) is 0 Å². The Hall–Kier alpha value is -2.83. The first-order valence-electron chi connectivity index (χ1n) is 9.46. The van der Waals surface area contributed by atoms with Crippen LogP contribution in [-0.2, 0) is 6.54 Å². The highest BCUT2D eigenvalue weighted by atomic mass is 32.1. The van der Waals surface area contributed by atoms with E-state index >= 15 is 0 Å². The van der Waals surface area contributed by atoms with Crippen molar-refractivity contribution in [3.8, 4) is 0 Å². The van der Waals surface area contributed by atoms with Gasteiger partial charge < -0.3 is 16.0 Å². The molecule has 0 atom stereocenters. The molecule has 3 N–H and O–H groups in total. The molecule has 4 rings (SSSR count). The van der Waals surface area contributed by atoms with Crippen LogP contribution < -0.4 is 16.0 Å². The zero-order valence-corrected chi connectivity index (χ0v) is 16.5. The van der Waals surface area contributed by atoms with Gasteiger partial charge in [0.2, 0.25) is 0 Å². The zero-order valence-electron chi connectivity index (χ0n) is 15.7. The van der Waals surface area contributed by atoms with Crippen molar-refractivity contribution in [1.29, 1.82) is 0 Å². The van der Waals surface area contributed by atoms with Crippen LogP contribution in [0.5, 0.6) is 0 Å². The average molecular weight is 393 g/mol. The molecular formula is C22H24N4OS. The third-order valence-corrected chi connectivity index (χ3v) is 6.10. The molecule has 0 aliphatic carbocycles. The van der Waals surface area contributed by atoms with E-state index in [1.807, 2.05) is 30.3 Å². The van der Waals surface area contributed by atoms with E-state index in [-0.39, 0.29) is 5.91 Å². The molecule has 2 aromatic carbocycles. The number of para-hydroxylation sites is 2. The normalized spacial score (nSPS) is 14.8. The summed E-state index contributed by atoms with van der Waals surface area (Å²) in [5.74, 6) is -0.114. The van der Waals surface area contributed by atoms with Crippen molar-refractivity contribution in [3.05, 3.63) is 77.2 Å². The number of anilines is 3. The van der Waals surface area contributed by atoms with Gasteiger partial charge in [-0.05, 0) is 29.8 Å². The highest BCUT2D eigenvalue weighted by Crippen LogP contribution is 2.28. The van der Waals surface area contributed by atoms with Gasteiger partial charge in [-0.25, -0.2) is 0 Å². The number of nitrogen functional groups attached to an aromatic ring is 1. The predicted octanol–water partition coefficient (Wildman–Crippen LogP) is 3.90. The predicted molar refractivity (Wildman–Crippen MR) is 117 cm³/mol. The van der Waals surface area contributed by atoms with Crippen LogP contribution in [0, 0.1) is 0 Å². The van der Waals surface area contributed by atoms with E-state index in [4.69, 9.17) is 5.73 Å². The molecule has 1 aliphatic rings. The summed E-state index contributed by atoms with van der Waals surface area (Å²) in [7, 11) is 0. The highest BCUT2D eigenvalue weighted by Gasteiger charge is 2.20. The van der Waals surface area contributed by atoms with E-state index in [1.54, 1.807) is 6.07 Å². The largest absolute Gasteiger partial charge is 0.397 e. The summed E-state index contributed by atoms with van der Waals surface area (Å²) < 4.78 is 0. The molecule has 5 nitrogen and oxygen atoms in total. The summed E-state index contributed by atoms with van der Waals surface area (Å²) in [4.78, 5) is 18.1. The Bertz CT molecular complexity index is 932. The second-order valence-corrected chi connectivity index (χ2v) is 7.99. The van der Waals surface area contributed by atoms with Gasteiger partial charge in [0.1, 0.15) is 0 Å². The first-order valence-corrected chi connectivity index (χ1v) is 10.3. The van der Waals surface area contributed by atoms with Crippen LogP contribution in [0.15, 0.2) is 66.7 Å². The van der Waals surface area contributed by atoms with Crippen LogP contribution >= 0.6 is 11.3 Å². The quantitative estimate of drug-likeness (QED) is 0.647. The van der Waals surface area contributed by atoms with Crippen molar-refractivity contribution in [3.63, 3.8) is 0 Å². The Morgan fingerprint density at radius 2 is 1.64 bits per heavy atom. The third kappa shape index (κ3) is 4.35. The summed E-state index contributed by atoms with van der Waals surface area (Å²) in [6.07, 6.45) is 0. The van der Waals surface area contributed by atoms with E-state index in [0.717, 1.165) is 37.7 Å². The number of nitrogens with two attached hydrogens (primary N) is 1. The Labute approximate surface area is 169 Å². The van der Waals surface area contributed by atoms with Crippen molar-refractivity contribution >= 4 is 33.6 Å². The van der Waals surface area contributed by atoms with Gasteiger partial charge in [0.15, 0.2) is 0 Å². The average Bonchev–Trinajstić information content (AvgIpc) is 3.21. The monoisotopic (exact) mass is 392 g/mol. The van der Waals surface area contributed by atoms with Crippen LogP contribution in [0.4, 0.5) is 16.4 Å². The molecule has 6 heteroatoms. The topological polar surface area (TPSA) is 61.6 Å². The molecule has 1 fully saturated rings. The minimum absolute atomic E-state index is 0.114. The molecule has 0 saturated carbocycles. The fourth-order valence-electron chi connectivity index (χ4n) is 3.38. The number of benzene rings is 2. The molecular weight excluding hydrogens is 368 g/mol. The van der Waals surface area contributed by atoms with E-state index in [1.165, 1.54) is 16.9 Å². The van der Waals surface area contributed by atoms with Gasteiger partial charge in [0, 0.05) is 32.7 Å². The van der Waals surface area contributed by atoms with E-state index in [0.29, 0.717) is 16.3 Å². The van der Waals surface area contributed by atoms with Crippen molar-refractivity contribution in [2.45, 2.75) is 6.54 Å². The molecule has 1 aromatic heterocycles. The number of rotatable bonds is 5. The van der Waals surface area contributed by atoms with Gasteiger partial charge in [0.05, 0.1) is 21.3 Å². The summed E-state index contributed by atoms with van der Waals surface area (Å²) in [5.41, 5.74) is 8.49. The van der Waals surface area contributed by atoms with Crippen molar-refractivity contribution < 1.29 is 4.79 Å². The number of amides is 1. The van der Waals surface area contributed by atoms with Gasteiger partial charge in [-0.2, -0.15) is 0 Å². The second kappa shape index (κ2) is 8.46. The van der Waals surface area contributed by atoms with Gasteiger partial charge in [-0.15, -0.1) is 11.3 Å². The number of nitrogens with zero attached hydrogens (tertiary/aromatic N) is 2. The third-order valence-electron chi connectivity index (χ3n) is 4.96. The fraction of sp³-hybridized carbons (Fsp3) is 0.227. The van der Waals surface area contributed by atoms with E-state index < -0.39 is 0 Å².